The van der Waals surface area contributed by atoms with Crippen molar-refractivity contribution in [2.75, 3.05) is 5.32 Å². The molecule has 0 saturated heterocycles. The van der Waals surface area contributed by atoms with Crippen LogP contribution in [-0.2, 0) is 13.0 Å². The molecule has 0 unspecified atom stereocenters. The fourth-order valence-electron chi connectivity index (χ4n) is 1.65. The zero-order valence-electron chi connectivity index (χ0n) is 10.6. The molecule has 2 heterocycles. The number of aromatic nitrogens is 2. The first-order valence-corrected chi connectivity index (χ1v) is 6.53. The fraction of sp³-hybridized carbons (Fsp3) is 0.417. The van der Waals surface area contributed by atoms with Crippen LogP contribution in [0.5, 0.6) is 0 Å². The molecule has 0 saturated carbocycles. The van der Waals surface area contributed by atoms with Gasteiger partial charge in [-0.05, 0) is 25.4 Å². The second kappa shape index (κ2) is 5.30. The number of carbonyl (C=O) groups is 1. The molecule has 0 aliphatic heterocycles. The molecule has 0 bridgehead atoms. The number of Topliss-reactive ketones (excluding diaryl/α,β-unsaturated/α-hetero) is 1. The minimum absolute atomic E-state index is 0.0189. The van der Waals surface area contributed by atoms with Crippen molar-refractivity contribution < 1.29 is 9.21 Å². The maximum Gasteiger partial charge on any atom is 0.213 e. The van der Waals surface area contributed by atoms with Gasteiger partial charge in [-0.2, -0.15) is 4.37 Å². The van der Waals surface area contributed by atoms with Gasteiger partial charge < -0.3 is 9.73 Å². The van der Waals surface area contributed by atoms with Crippen LogP contribution in [-0.4, -0.2) is 15.1 Å². The Hall–Kier alpha value is -1.69. The molecule has 2 rings (SSSR count). The summed E-state index contributed by atoms with van der Waals surface area (Å²) in [6.07, 6.45) is 2.55. The molecule has 6 heteroatoms. The molecule has 5 nitrogen and oxygen atoms in total. The molecular weight excluding hydrogens is 250 g/mol. The van der Waals surface area contributed by atoms with E-state index < -0.39 is 0 Å². The maximum atomic E-state index is 11.5. The number of rotatable bonds is 5. The number of carbonyl (C=O) groups excluding carboxylic acids is 1. The van der Waals surface area contributed by atoms with E-state index in [1.807, 2.05) is 13.8 Å². The summed E-state index contributed by atoms with van der Waals surface area (Å²) in [7, 11) is 0. The van der Waals surface area contributed by atoms with Crippen molar-refractivity contribution in [2.24, 2.45) is 0 Å². The summed E-state index contributed by atoms with van der Waals surface area (Å²) in [5.41, 5.74) is 1.42. The molecule has 96 valence electrons. The zero-order valence-corrected chi connectivity index (χ0v) is 11.4. The number of hydrogen-bond acceptors (Lipinski definition) is 6. The molecular formula is C12H15N3O2S. The monoisotopic (exact) mass is 265 g/mol. The summed E-state index contributed by atoms with van der Waals surface area (Å²) >= 11 is 1.28. The van der Waals surface area contributed by atoms with Crippen LogP contribution in [0.1, 0.15) is 41.6 Å². The van der Waals surface area contributed by atoms with E-state index in [1.165, 1.54) is 11.5 Å². The summed E-state index contributed by atoms with van der Waals surface area (Å²) in [6, 6.07) is 0. The Labute approximate surface area is 109 Å². The molecule has 1 N–H and O–H groups in total. The molecule has 18 heavy (non-hydrogen) atoms. The van der Waals surface area contributed by atoms with Gasteiger partial charge in [0, 0.05) is 6.42 Å². The van der Waals surface area contributed by atoms with Crippen LogP contribution < -0.4 is 5.32 Å². The van der Waals surface area contributed by atoms with Gasteiger partial charge in [0.25, 0.3) is 0 Å². The van der Waals surface area contributed by atoms with E-state index in [2.05, 4.69) is 14.7 Å². The largest absolute Gasteiger partial charge is 0.444 e. The first kappa shape index (κ1) is 12.8. The molecule has 0 spiro atoms. The van der Waals surface area contributed by atoms with E-state index >= 15 is 0 Å². The predicted octanol–water partition coefficient (Wildman–Crippen LogP) is 2.82. The fourth-order valence-corrected chi connectivity index (χ4v) is 2.49. The highest BCUT2D eigenvalue weighted by atomic mass is 32.1. The van der Waals surface area contributed by atoms with Crippen molar-refractivity contribution >= 4 is 22.3 Å². The molecule has 0 aliphatic rings. The molecule has 0 aromatic carbocycles. The number of ketones is 1. The summed E-state index contributed by atoms with van der Waals surface area (Å²) in [6.45, 7) is 5.85. The highest BCUT2D eigenvalue weighted by molar-refractivity contribution is 7.10. The maximum absolute atomic E-state index is 11.5. The summed E-state index contributed by atoms with van der Waals surface area (Å²) in [4.78, 5) is 15.7. The van der Waals surface area contributed by atoms with Crippen LogP contribution in [0.2, 0.25) is 0 Å². The number of nitrogens with one attached hydrogen (secondary N) is 1. The van der Waals surface area contributed by atoms with Crippen LogP contribution in [0, 0.1) is 6.92 Å². The summed E-state index contributed by atoms with van der Waals surface area (Å²) in [5, 5.41) is 3.92. The Morgan fingerprint density at radius 3 is 2.94 bits per heavy atom. The normalized spacial score (nSPS) is 10.6. The standard InChI is InChI=1S/C12H15N3O2S/c1-4-9-5-13-10(17-9)6-14-12-11(8(3)16)7(2)15-18-12/h5,14H,4,6H2,1-3H3. The van der Waals surface area contributed by atoms with E-state index in [-0.39, 0.29) is 5.78 Å². The number of hydrogen-bond donors (Lipinski definition) is 1. The topological polar surface area (TPSA) is 68.0 Å². The zero-order chi connectivity index (χ0) is 13.1. The van der Waals surface area contributed by atoms with Gasteiger partial charge in [-0.1, -0.05) is 6.92 Å². The van der Waals surface area contributed by atoms with Crippen LogP contribution in [0.3, 0.4) is 0 Å². The van der Waals surface area contributed by atoms with Gasteiger partial charge in [-0.3, -0.25) is 4.79 Å². The van der Waals surface area contributed by atoms with Crippen molar-refractivity contribution in [2.45, 2.75) is 33.7 Å². The number of anilines is 1. The predicted molar refractivity (Wildman–Crippen MR) is 70.1 cm³/mol. The van der Waals surface area contributed by atoms with Crippen LogP contribution in [0.25, 0.3) is 0 Å². The van der Waals surface area contributed by atoms with E-state index in [4.69, 9.17) is 4.42 Å². The second-order valence-corrected chi connectivity index (χ2v) is 4.73. The lowest BCUT2D eigenvalue weighted by molar-refractivity contribution is 0.101. The first-order chi connectivity index (χ1) is 8.61. The Kier molecular flexibility index (Phi) is 3.76. The highest BCUT2D eigenvalue weighted by Crippen LogP contribution is 2.25. The number of aryl methyl sites for hydroxylation is 2. The van der Waals surface area contributed by atoms with Gasteiger partial charge in [0.15, 0.2) is 5.78 Å². The first-order valence-electron chi connectivity index (χ1n) is 5.76. The van der Waals surface area contributed by atoms with E-state index in [9.17, 15) is 4.79 Å². The SMILES string of the molecule is CCc1cnc(CNc2snc(C)c2C(C)=O)o1. The third-order valence-electron chi connectivity index (χ3n) is 2.56. The average molecular weight is 265 g/mol. The van der Waals surface area contributed by atoms with Crippen molar-refractivity contribution in [3.63, 3.8) is 0 Å². The Bertz CT molecular complexity index is 559. The third kappa shape index (κ3) is 2.59. The van der Waals surface area contributed by atoms with Crippen LogP contribution in [0.15, 0.2) is 10.6 Å². The lowest BCUT2D eigenvalue weighted by Gasteiger charge is -2.02. The molecule has 0 amide bonds. The minimum atomic E-state index is 0.0189. The minimum Gasteiger partial charge on any atom is -0.444 e. The molecule has 0 aliphatic carbocycles. The number of nitrogens with zero attached hydrogens (tertiary/aromatic N) is 2. The smallest absolute Gasteiger partial charge is 0.213 e. The quantitative estimate of drug-likeness (QED) is 0.842. The Balaban J connectivity index is 2.08. The van der Waals surface area contributed by atoms with Crippen molar-refractivity contribution in [1.29, 1.82) is 0 Å². The van der Waals surface area contributed by atoms with E-state index in [1.54, 1.807) is 13.1 Å². The third-order valence-corrected chi connectivity index (χ3v) is 3.46. The van der Waals surface area contributed by atoms with Gasteiger partial charge in [0.1, 0.15) is 10.8 Å². The van der Waals surface area contributed by atoms with Crippen molar-refractivity contribution in [1.82, 2.24) is 9.36 Å². The highest BCUT2D eigenvalue weighted by Gasteiger charge is 2.15. The lowest BCUT2D eigenvalue weighted by Crippen LogP contribution is -2.03. The van der Waals surface area contributed by atoms with Crippen molar-refractivity contribution in [3.05, 3.63) is 29.1 Å². The van der Waals surface area contributed by atoms with Crippen molar-refractivity contribution in [3.8, 4) is 0 Å². The molecule has 0 radical (unpaired) electrons. The lowest BCUT2D eigenvalue weighted by atomic mass is 10.2. The average Bonchev–Trinajstić information content (AvgIpc) is 2.92. The second-order valence-electron chi connectivity index (χ2n) is 3.96. The van der Waals surface area contributed by atoms with Gasteiger partial charge in [0.2, 0.25) is 5.89 Å². The Morgan fingerprint density at radius 2 is 2.33 bits per heavy atom. The summed E-state index contributed by atoms with van der Waals surface area (Å²) in [5.74, 6) is 1.50. The van der Waals surface area contributed by atoms with Gasteiger partial charge >= 0.3 is 0 Å². The van der Waals surface area contributed by atoms with Gasteiger partial charge in [-0.25, -0.2) is 4.98 Å². The van der Waals surface area contributed by atoms with E-state index in [0.717, 1.165) is 22.9 Å². The van der Waals surface area contributed by atoms with E-state index in [0.29, 0.717) is 18.0 Å². The van der Waals surface area contributed by atoms with Gasteiger partial charge in [-0.15, -0.1) is 0 Å². The molecule has 0 atom stereocenters. The van der Waals surface area contributed by atoms with Crippen LogP contribution >= 0.6 is 11.5 Å². The molecule has 2 aromatic rings. The number of oxazole rings is 1. The summed E-state index contributed by atoms with van der Waals surface area (Å²) < 4.78 is 9.67. The van der Waals surface area contributed by atoms with Gasteiger partial charge in [0.05, 0.1) is 24.0 Å². The Morgan fingerprint density at radius 1 is 1.56 bits per heavy atom. The van der Waals surface area contributed by atoms with Crippen LogP contribution in [0.4, 0.5) is 5.00 Å². The molecule has 0 fully saturated rings. The molecule has 2 aromatic heterocycles.